The Bertz CT molecular complexity index is 851. The number of hydrogen-bond acceptors (Lipinski definition) is 5. The molecule has 138 valence electrons. The first-order valence-corrected chi connectivity index (χ1v) is 7.43. The van der Waals surface area contributed by atoms with Crippen LogP contribution in [0, 0.1) is 17.1 Å². The minimum atomic E-state index is -4.87. The quantitative estimate of drug-likeness (QED) is 0.650. The molecular weight excluding hydrogens is 356 g/mol. The Balaban J connectivity index is 2.64. The number of rotatable bonds is 3. The summed E-state index contributed by atoms with van der Waals surface area (Å²) in [5, 5.41) is 9.35. The van der Waals surface area contributed by atoms with Crippen LogP contribution in [-0.4, -0.2) is 12.6 Å². The standard InChI is InChI=1S/C17H14F4N2O3/c1-3-25-16(24)13-8(2)26-15(23)10(7-22)14(13)9-4-5-11(12(18)6-9)17(19,20)21/h4-6,14H,3,23H2,1-2H3. The number of allylic oxidation sites excluding steroid dienone is 2. The van der Waals surface area contributed by atoms with Gasteiger partial charge in [-0.1, -0.05) is 6.07 Å². The van der Waals surface area contributed by atoms with Gasteiger partial charge in [0.1, 0.15) is 23.2 Å². The van der Waals surface area contributed by atoms with Crippen LogP contribution in [0.25, 0.3) is 0 Å². The molecule has 0 radical (unpaired) electrons. The van der Waals surface area contributed by atoms with Crippen LogP contribution < -0.4 is 5.73 Å². The van der Waals surface area contributed by atoms with Crippen molar-refractivity contribution in [3.63, 3.8) is 0 Å². The lowest BCUT2D eigenvalue weighted by molar-refractivity contribution is -0.140. The van der Waals surface area contributed by atoms with E-state index >= 15 is 0 Å². The number of carbonyl (C=O) groups excluding carboxylic acids is 1. The number of hydrogen-bond donors (Lipinski definition) is 1. The molecule has 1 aliphatic heterocycles. The lowest BCUT2D eigenvalue weighted by Crippen LogP contribution is -2.25. The van der Waals surface area contributed by atoms with Gasteiger partial charge in [0, 0.05) is 0 Å². The second kappa shape index (κ2) is 7.07. The van der Waals surface area contributed by atoms with Crippen molar-refractivity contribution in [1.82, 2.24) is 0 Å². The van der Waals surface area contributed by atoms with E-state index in [0.717, 1.165) is 6.07 Å². The van der Waals surface area contributed by atoms with E-state index in [4.69, 9.17) is 15.2 Å². The summed E-state index contributed by atoms with van der Waals surface area (Å²) in [5.74, 6) is -3.87. The maximum Gasteiger partial charge on any atom is 0.419 e. The first-order chi connectivity index (χ1) is 12.1. The highest BCUT2D eigenvalue weighted by molar-refractivity contribution is 5.92. The van der Waals surface area contributed by atoms with E-state index in [-0.39, 0.29) is 35.0 Å². The molecule has 1 unspecified atom stereocenters. The van der Waals surface area contributed by atoms with Crippen molar-refractivity contribution in [2.24, 2.45) is 5.73 Å². The summed E-state index contributed by atoms with van der Waals surface area (Å²) < 4.78 is 62.4. The van der Waals surface area contributed by atoms with Crippen molar-refractivity contribution < 1.29 is 31.8 Å². The molecule has 1 heterocycles. The molecule has 0 bridgehead atoms. The summed E-state index contributed by atoms with van der Waals surface area (Å²) in [4.78, 5) is 12.3. The van der Waals surface area contributed by atoms with Crippen molar-refractivity contribution in [3.05, 3.63) is 57.9 Å². The van der Waals surface area contributed by atoms with E-state index in [1.807, 2.05) is 0 Å². The van der Waals surface area contributed by atoms with Crippen molar-refractivity contribution in [3.8, 4) is 6.07 Å². The number of nitriles is 1. The Kier molecular flexibility index (Phi) is 5.25. The largest absolute Gasteiger partial charge is 0.463 e. The molecule has 1 aromatic rings. The second-order valence-corrected chi connectivity index (χ2v) is 5.35. The zero-order valence-corrected chi connectivity index (χ0v) is 13.8. The second-order valence-electron chi connectivity index (χ2n) is 5.35. The number of esters is 1. The van der Waals surface area contributed by atoms with Gasteiger partial charge in [-0.05, 0) is 31.5 Å². The number of alkyl halides is 3. The third-order valence-corrected chi connectivity index (χ3v) is 3.73. The van der Waals surface area contributed by atoms with E-state index in [1.54, 1.807) is 13.0 Å². The van der Waals surface area contributed by atoms with Crippen molar-refractivity contribution in [2.75, 3.05) is 6.61 Å². The predicted molar refractivity (Wildman–Crippen MR) is 81.4 cm³/mol. The summed E-state index contributed by atoms with van der Waals surface area (Å²) in [6.45, 7) is 2.96. The minimum Gasteiger partial charge on any atom is -0.463 e. The molecule has 0 spiro atoms. The van der Waals surface area contributed by atoms with E-state index in [2.05, 4.69) is 0 Å². The Morgan fingerprint density at radius 2 is 2.08 bits per heavy atom. The van der Waals surface area contributed by atoms with Crippen LogP contribution in [-0.2, 0) is 20.4 Å². The van der Waals surface area contributed by atoms with Gasteiger partial charge < -0.3 is 15.2 Å². The van der Waals surface area contributed by atoms with Gasteiger partial charge in [-0.3, -0.25) is 0 Å². The fraction of sp³-hybridized carbons (Fsp3) is 0.294. The summed E-state index contributed by atoms with van der Waals surface area (Å²) in [6, 6.07) is 3.91. The highest BCUT2D eigenvalue weighted by atomic mass is 19.4. The minimum absolute atomic E-state index is 0.0186. The number of carbonyl (C=O) groups is 1. The van der Waals surface area contributed by atoms with Crippen LogP contribution >= 0.6 is 0 Å². The molecule has 9 heteroatoms. The SMILES string of the molecule is CCOC(=O)C1=C(C)OC(N)=C(C#N)C1c1ccc(C(F)(F)F)c(F)c1. The zero-order valence-electron chi connectivity index (χ0n) is 13.8. The zero-order chi connectivity index (χ0) is 19.6. The fourth-order valence-electron chi connectivity index (χ4n) is 2.63. The molecule has 0 aromatic heterocycles. The highest BCUT2D eigenvalue weighted by Crippen LogP contribution is 2.41. The van der Waals surface area contributed by atoms with E-state index in [1.165, 1.54) is 6.92 Å². The Labute approximate surface area is 146 Å². The van der Waals surface area contributed by atoms with Crippen LogP contribution in [0.5, 0.6) is 0 Å². The van der Waals surface area contributed by atoms with Gasteiger partial charge in [0.15, 0.2) is 0 Å². The van der Waals surface area contributed by atoms with Gasteiger partial charge in [0.25, 0.3) is 0 Å². The number of nitrogens with zero attached hydrogens (tertiary/aromatic N) is 1. The Morgan fingerprint density at radius 1 is 1.42 bits per heavy atom. The summed E-state index contributed by atoms with van der Waals surface area (Å²) >= 11 is 0. The van der Waals surface area contributed by atoms with Gasteiger partial charge in [-0.25, -0.2) is 9.18 Å². The topological polar surface area (TPSA) is 85.3 Å². The highest BCUT2D eigenvalue weighted by Gasteiger charge is 2.38. The Hall–Kier alpha value is -3.02. The molecular formula is C17H14F4N2O3. The average molecular weight is 370 g/mol. The lowest BCUT2D eigenvalue weighted by atomic mass is 9.82. The van der Waals surface area contributed by atoms with Crippen LogP contribution in [0.15, 0.2) is 41.0 Å². The van der Waals surface area contributed by atoms with Crippen LogP contribution in [0.3, 0.4) is 0 Å². The Morgan fingerprint density at radius 3 is 2.58 bits per heavy atom. The molecule has 0 fully saturated rings. The molecule has 2 rings (SSSR count). The van der Waals surface area contributed by atoms with Gasteiger partial charge >= 0.3 is 12.1 Å². The molecule has 26 heavy (non-hydrogen) atoms. The summed E-state index contributed by atoms with van der Waals surface area (Å²) in [6.07, 6.45) is -4.87. The third-order valence-electron chi connectivity index (χ3n) is 3.73. The fourth-order valence-corrected chi connectivity index (χ4v) is 2.63. The monoisotopic (exact) mass is 370 g/mol. The van der Waals surface area contributed by atoms with Crippen LogP contribution in [0.1, 0.15) is 30.9 Å². The van der Waals surface area contributed by atoms with Crippen molar-refractivity contribution in [1.29, 1.82) is 5.26 Å². The normalized spacial score (nSPS) is 17.7. The summed E-state index contributed by atoms with van der Waals surface area (Å²) in [5.41, 5.74) is 3.79. The third kappa shape index (κ3) is 3.49. The number of ether oxygens (including phenoxy) is 2. The van der Waals surface area contributed by atoms with Gasteiger partial charge in [-0.2, -0.15) is 18.4 Å². The maximum absolute atomic E-state index is 14.0. The first-order valence-electron chi connectivity index (χ1n) is 7.43. The van der Waals surface area contributed by atoms with Crippen LogP contribution in [0.2, 0.25) is 0 Å². The summed E-state index contributed by atoms with van der Waals surface area (Å²) in [7, 11) is 0. The molecule has 0 saturated heterocycles. The molecule has 1 aromatic carbocycles. The molecule has 5 nitrogen and oxygen atoms in total. The van der Waals surface area contributed by atoms with E-state index in [0.29, 0.717) is 12.1 Å². The van der Waals surface area contributed by atoms with Gasteiger partial charge in [-0.15, -0.1) is 0 Å². The molecule has 0 aliphatic carbocycles. The van der Waals surface area contributed by atoms with E-state index < -0.39 is 29.4 Å². The smallest absolute Gasteiger partial charge is 0.419 e. The van der Waals surface area contributed by atoms with Crippen molar-refractivity contribution >= 4 is 5.97 Å². The molecule has 1 atom stereocenters. The van der Waals surface area contributed by atoms with Gasteiger partial charge in [0.2, 0.25) is 5.88 Å². The first kappa shape index (κ1) is 19.3. The predicted octanol–water partition coefficient (Wildman–Crippen LogP) is 3.49. The molecule has 0 amide bonds. The molecule has 2 N–H and O–H groups in total. The van der Waals surface area contributed by atoms with Gasteiger partial charge in [0.05, 0.1) is 23.7 Å². The van der Waals surface area contributed by atoms with Crippen molar-refractivity contribution in [2.45, 2.75) is 25.9 Å². The number of halogens is 4. The lowest BCUT2D eigenvalue weighted by Gasteiger charge is -2.27. The van der Waals surface area contributed by atoms with Crippen LogP contribution in [0.4, 0.5) is 17.6 Å². The average Bonchev–Trinajstić information content (AvgIpc) is 2.52. The molecule has 0 saturated carbocycles. The van der Waals surface area contributed by atoms with E-state index in [9.17, 15) is 27.6 Å². The molecule has 1 aliphatic rings. The number of nitrogens with two attached hydrogens (primary N) is 1. The number of benzene rings is 1. The maximum atomic E-state index is 14.0.